The minimum absolute atomic E-state index is 0.0434. The van der Waals surface area contributed by atoms with E-state index in [2.05, 4.69) is 60.1 Å². The fraction of sp³-hybridized carbons (Fsp3) is 0.458. The van der Waals surface area contributed by atoms with E-state index in [0.717, 1.165) is 39.0 Å². The highest BCUT2D eigenvalue weighted by atomic mass is 16.2. The third kappa shape index (κ3) is 4.04. The van der Waals surface area contributed by atoms with Crippen molar-refractivity contribution in [3.05, 3.63) is 65.5 Å². The Morgan fingerprint density at radius 3 is 2.59 bits per heavy atom. The van der Waals surface area contributed by atoms with E-state index in [1.165, 1.54) is 5.56 Å². The highest BCUT2D eigenvalue weighted by Gasteiger charge is 2.52. The lowest BCUT2D eigenvalue weighted by molar-refractivity contribution is -0.0717. The SMILES string of the molecule is CC1(C)CN(C(=O)c2cc(C#N)ccn2)C1C1CCN(Cc2ccccc2)CC1. The highest BCUT2D eigenvalue weighted by Crippen LogP contribution is 2.45. The molecule has 150 valence electrons. The maximum Gasteiger partial charge on any atom is 0.272 e. The second-order valence-corrected chi connectivity index (χ2v) is 9.01. The van der Waals surface area contributed by atoms with E-state index in [9.17, 15) is 4.79 Å². The number of likely N-dealkylation sites (tertiary alicyclic amines) is 2. The number of nitriles is 1. The molecular formula is C24H28N4O. The van der Waals surface area contributed by atoms with E-state index >= 15 is 0 Å². The first-order valence-corrected chi connectivity index (χ1v) is 10.4. The van der Waals surface area contributed by atoms with Crippen LogP contribution >= 0.6 is 0 Å². The summed E-state index contributed by atoms with van der Waals surface area (Å²) in [5.41, 5.74) is 2.34. The summed E-state index contributed by atoms with van der Waals surface area (Å²) in [7, 11) is 0. The van der Waals surface area contributed by atoms with Gasteiger partial charge in [0.2, 0.25) is 0 Å². The van der Waals surface area contributed by atoms with Crippen LogP contribution in [0.5, 0.6) is 0 Å². The molecule has 0 N–H and O–H groups in total. The number of nitrogens with zero attached hydrogens (tertiary/aromatic N) is 4. The summed E-state index contributed by atoms with van der Waals surface area (Å²) in [6.07, 6.45) is 3.76. The molecule has 1 unspecified atom stereocenters. The number of hydrogen-bond donors (Lipinski definition) is 0. The highest BCUT2D eigenvalue weighted by molar-refractivity contribution is 5.93. The van der Waals surface area contributed by atoms with Gasteiger partial charge in [-0.3, -0.25) is 14.7 Å². The molecule has 0 bridgehead atoms. The van der Waals surface area contributed by atoms with Crippen LogP contribution in [0.1, 0.15) is 48.3 Å². The van der Waals surface area contributed by atoms with E-state index < -0.39 is 0 Å². The third-order valence-electron chi connectivity index (χ3n) is 6.41. The summed E-state index contributed by atoms with van der Waals surface area (Å²) in [6.45, 7) is 8.40. The fourth-order valence-corrected chi connectivity index (χ4v) is 5.06. The van der Waals surface area contributed by atoms with Crippen LogP contribution in [0.15, 0.2) is 48.7 Å². The number of pyridine rings is 1. The van der Waals surface area contributed by atoms with Crippen LogP contribution in [-0.2, 0) is 6.54 Å². The van der Waals surface area contributed by atoms with E-state index in [0.29, 0.717) is 17.2 Å². The molecule has 0 aliphatic carbocycles. The molecule has 5 nitrogen and oxygen atoms in total. The maximum atomic E-state index is 13.1. The Balaban J connectivity index is 1.41. The first-order valence-electron chi connectivity index (χ1n) is 10.4. The van der Waals surface area contributed by atoms with Gasteiger partial charge in [-0.2, -0.15) is 5.26 Å². The number of benzene rings is 1. The molecule has 1 atom stereocenters. The quantitative estimate of drug-likeness (QED) is 0.801. The molecule has 2 aliphatic heterocycles. The largest absolute Gasteiger partial charge is 0.333 e. The van der Waals surface area contributed by atoms with Crippen molar-refractivity contribution in [1.29, 1.82) is 5.26 Å². The van der Waals surface area contributed by atoms with Gasteiger partial charge >= 0.3 is 0 Å². The van der Waals surface area contributed by atoms with Gasteiger partial charge in [-0.05, 0) is 49.5 Å². The average molecular weight is 389 g/mol. The minimum atomic E-state index is -0.0434. The summed E-state index contributed by atoms with van der Waals surface area (Å²) in [5.74, 6) is 0.465. The van der Waals surface area contributed by atoms with Crippen LogP contribution in [0.25, 0.3) is 0 Å². The standard InChI is InChI=1S/C24H28N4O/c1-24(2)17-28(23(29)21-14-19(15-25)8-11-26-21)22(24)20-9-12-27(13-10-20)16-18-6-4-3-5-7-18/h3-8,11,14,20,22H,9-10,12-13,16-17H2,1-2H3. The first kappa shape index (κ1) is 19.6. The van der Waals surface area contributed by atoms with Crippen molar-refractivity contribution in [2.24, 2.45) is 11.3 Å². The van der Waals surface area contributed by atoms with E-state index in [-0.39, 0.29) is 17.4 Å². The predicted octanol–water partition coefficient (Wildman–Crippen LogP) is 3.72. The van der Waals surface area contributed by atoms with Crippen LogP contribution in [0.4, 0.5) is 0 Å². The number of piperidine rings is 1. The topological polar surface area (TPSA) is 60.2 Å². The van der Waals surface area contributed by atoms with Gasteiger partial charge in [0, 0.05) is 30.7 Å². The molecule has 2 aliphatic rings. The molecule has 1 aromatic heterocycles. The molecule has 3 heterocycles. The Morgan fingerprint density at radius 1 is 1.21 bits per heavy atom. The zero-order valence-electron chi connectivity index (χ0n) is 17.2. The summed E-state index contributed by atoms with van der Waals surface area (Å²) >= 11 is 0. The predicted molar refractivity (Wildman–Crippen MR) is 112 cm³/mol. The molecule has 2 saturated heterocycles. The van der Waals surface area contributed by atoms with E-state index in [1.54, 1.807) is 18.3 Å². The van der Waals surface area contributed by atoms with Crippen molar-refractivity contribution >= 4 is 5.91 Å². The van der Waals surface area contributed by atoms with Crippen molar-refractivity contribution in [2.45, 2.75) is 39.3 Å². The van der Waals surface area contributed by atoms with Crippen molar-refractivity contribution in [1.82, 2.24) is 14.8 Å². The minimum Gasteiger partial charge on any atom is -0.333 e. The Labute approximate surface area is 173 Å². The zero-order chi connectivity index (χ0) is 20.4. The van der Waals surface area contributed by atoms with Gasteiger partial charge in [-0.25, -0.2) is 0 Å². The van der Waals surface area contributed by atoms with Gasteiger partial charge in [0.25, 0.3) is 5.91 Å². The molecule has 2 aromatic rings. The lowest BCUT2D eigenvalue weighted by atomic mass is 9.66. The van der Waals surface area contributed by atoms with Crippen LogP contribution in [0.2, 0.25) is 0 Å². The Bertz CT molecular complexity index is 910. The smallest absolute Gasteiger partial charge is 0.272 e. The number of rotatable bonds is 4. The molecule has 4 rings (SSSR count). The van der Waals surface area contributed by atoms with E-state index in [4.69, 9.17) is 5.26 Å². The molecule has 1 aromatic carbocycles. The van der Waals surface area contributed by atoms with Crippen molar-refractivity contribution in [3.63, 3.8) is 0 Å². The lowest BCUT2D eigenvalue weighted by Crippen LogP contribution is -2.67. The number of carbonyl (C=O) groups is 1. The first-order chi connectivity index (χ1) is 14.0. The number of hydrogen-bond acceptors (Lipinski definition) is 4. The second kappa shape index (κ2) is 7.96. The van der Waals surface area contributed by atoms with E-state index in [1.807, 2.05) is 4.90 Å². The summed E-state index contributed by atoms with van der Waals surface area (Å²) in [5, 5.41) is 9.12. The number of aromatic nitrogens is 1. The maximum absolute atomic E-state index is 13.1. The van der Waals surface area contributed by atoms with Crippen LogP contribution in [0, 0.1) is 22.7 Å². The summed E-state index contributed by atoms with van der Waals surface area (Å²) in [6, 6.07) is 16.2. The molecule has 1 amide bonds. The lowest BCUT2D eigenvalue weighted by Gasteiger charge is -2.58. The number of carbonyl (C=O) groups excluding carboxylic acids is 1. The Morgan fingerprint density at radius 2 is 1.93 bits per heavy atom. The Kier molecular flexibility index (Phi) is 5.38. The Hall–Kier alpha value is -2.71. The second-order valence-electron chi connectivity index (χ2n) is 9.01. The van der Waals surface area contributed by atoms with Gasteiger partial charge in [0.05, 0.1) is 11.6 Å². The third-order valence-corrected chi connectivity index (χ3v) is 6.41. The van der Waals surface area contributed by atoms with Gasteiger partial charge in [0.1, 0.15) is 5.69 Å². The van der Waals surface area contributed by atoms with Crippen LogP contribution < -0.4 is 0 Å². The molecule has 2 fully saturated rings. The normalized spacial score (nSPS) is 22.0. The van der Waals surface area contributed by atoms with Gasteiger partial charge in [-0.1, -0.05) is 44.2 Å². The molecule has 0 spiro atoms. The fourth-order valence-electron chi connectivity index (χ4n) is 5.06. The summed E-state index contributed by atoms with van der Waals surface area (Å²) < 4.78 is 0. The van der Waals surface area contributed by atoms with Crippen LogP contribution in [0.3, 0.4) is 0 Å². The van der Waals surface area contributed by atoms with Crippen molar-refractivity contribution in [3.8, 4) is 6.07 Å². The zero-order valence-corrected chi connectivity index (χ0v) is 17.2. The average Bonchev–Trinajstić information content (AvgIpc) is 2.74. The van der Waals surface area contributed by atoms with Gasteiger partial charge in [0.15, 0.2) is 0 Å². The monoisotopic (exact) mass is 388 g/mol. The van der Waals surface area contributed by atoms with Gasteiger partial charge < -0.3 is 4.90 Å². The molecule has 29 heavy (non-hydrogen) atoms. The molecule has 0 saturated carbocycles. The molecular weight excluding hydrogens is 360 g/mol. The van der Waals surface area contributed by atoms with Gasteiger partial charge in [-0.15, -0.1) is 0 Å². The van der Waals surface area contributed by atoms with Crippen LogP contribution in [-0.4, -0.2) is 46.4 Å². The van der Waals surface area contributed by atoms with Crippen molar-refractivity contribution < 1.29 is 4.79 Å². The molecule has 0 radical (unpaired) electrons. The molecule has 5 heteroatoms. The summed E-state index contributed by atoms with van der Waals surface area (Å²) in [4.78, 5) is 21.8. The van der Waals surface area contributed by atoms with Crippen molar-refractivity contribution in [2.75, 3.05) is 19.6 Å². The number of amides is 1.